The first kappa shape index (κ1) is 16.8. The second-order valence-corrected chi connectivity index (χ2v) is 6.64. The summed E-state index contributed by atoms with van der Waals surface area (Å²) < 4.78 is 11.0. The van der Waals surface area contributed by atoms with Crippen LogP contribution >= 0.6 is 11.8 Å². The van der Waals surface area contributed by atoms with Gasteiger partial charge in [0.05, 0.1) is 19.3 Å². The van der Waals surface area contributed by atoms with Gasteiger partial charge in [-0.25, -0.2) is 0 Å². The van der Waals surface area contributed by atoms with Crippen molar-refractivity contribution in [3.8, 4) is 5.75 Å². The molecule has 1 aliphatic heterocycles. The Kier molecular flexibility index (Phi) is 5.03. The van der Waals surface area contributed by atoms with Crippen LogP contribution in [0.15, 0.2) is 15.8 Å². The number of carbonyl (C=O) groups excluding carboxylic acids is 1. The molecule has 24 heavy (non-hydrogen) atoms. The summed E-state index contributed by atoms with van der Waals surface area (Å²) in [5.41, 5.74) is 2.96. The lowest BCUT2D eigenvalue weighted by atomic mass is 10.1. The fraction of sp³-hybridized carbons (Fsp3) is 0.500. The number of pyridine rings is 1. The lowest BCUT2D eigenvalue weighted by molar-refractivity contribution is -0.128. The van der Waals surface area contributed by atoms with Crippen LogP contribution in [0.1, 0.15) is 35.6 Å². The molecule has 0 aromatic carbocycles. The SMILES string of the molecule is COc1c(C)cnc(CSc2nnc(CN3CCCC3=O)o2)c1C. The fourth-order valence-corrected chi connectivity index (χ4v) is 3.55. The molecule has 7 nitrogen and oxygen atoms in total. The van der Waals surface area contributed by atoms with Gasteiger partial charge in [0.25, 0.3) is 5.22 Å². The third kappa shape index (κ3) is 3.53. The number of hydrogen-bond donors (Lipinski definition) is 0. The fourth-order valence-electron chi connectivity index (χ4n) is 2.74. The van der Waals surface area contributed by atoms with E-state index in [1.807, 2.05) is 13.8 Å². The van der Waals surface area contributed by atoms with Crippen LogP contribution in [0.2, 0.25) is 0 Å². The molecule has 2 aromatic heterocycles. The summed E-state index contributed by atoms with van der Waals surface area (Å²) in [7, 11) is 1.66. The molecular formula is C16H20N4O3S. The molecule has 0 N–H and O–H groups in total. The number of amides is 1. The summed E-state index contributed by atoms with van der Waals surface area (Å²) in [5, 5.41) is 8.54. The highest BCUT2D eigenvalue weighted by Gasteiger charge is 2.22. The average Bonchev–Trinajstić information content (AvgIpc) is 3.17. The topological polar surface area (TPSA) is 81.4 Å². The van der Waals surface area contributed by atoms with Gasteiger partial charge < -0.3 is 14.1 Å². The second kappa shape index (κ2) is 7.21. The van der Waals surface area contributed by atoms with Gasteiger partial charge in [-0.15, -0.1) is 10.2 Å². The van der Waals surface area contributed by atoms with Gasteiger partial charge in [-0.3, -0.25) is 9.78 Å². The van der Waals surface area contributed by atoms with E-state index in [9.17, 15) is 4.79 Å². The van der Waals surface area contributed by atoms with Gasteiger partial charge in [0.1, 0.15) is 5.75 Å². The number of ether oxygens (including phenoxy) is 1. The van der Waals surface area contributed by atoms with Gasteiger partial charge in [0, 0.05) is 36.0 Å². The van der Waals surface area contributed by atoms with Crippen molar-refractivity contribution in [2.75, 3.05) is 13.7 Å². The van der Waals surface area contributed by atoms with Crippen molar-refractivity contribution in [2.24, 2.45) is 0 Å². The first-order valence-corrected chi connectivity index (χ1v) is 8.79. The molecule has 1 fully saturated rings. The maximum Gasteiger partial charge on any atom is 0.277 e. The highest BCUT2D eigenvalue weighted by Crippen LogP contribution is 2.28. The number of rotatable bonds is 6. The largest absolute Gasteiger partial charge is 0.496 e. The van der Waals surface area contributed by atoms with Crippen LogP contribution in [0.5, 0.6) is 5.75 Å². The lowest BCUT2D eigenvalue weighted by Crippen LogP contribution is -2.23. The Hall–Kier alpha value is -2.09. The molecule has 0 unspecified atom stereocenters. The van der Waals surface area contributed by atoms with Gasteiger partial charge in [-0.2, -0.15) is 0 Å². The van der Waals surface area contributed by atoms with Crippen molar-refractivity contribution in [2.45, 2.75) is 44.2 Å². The zero-order chi connectivity index (χ0) is 17.1. The summed E-state index contributed by atoms with van der Waals surface area (Å²) in [4.78, 5) is 17.8. The zero-order valence-electron chi connectivity index (χ0n) is 14.0. The Labute approximate surface area is 144 Å². The zero-order valence-corrected chi connectivity index (χ0v) is 14.9. The van der Waals surface area contributed by atoms with Gasteiger partial charge in [-0.05, 0) is 20.3 Å². The molecule has 2 aromatic rings. The number of likely N-dealkylation sites (tertiary alicyclic amines) is 1. The van der Waals surface area contributed by atoms with E-state index < -0.39 is 0 Å². The van der Waals surface area contributed by atoms with Crippen LogP contribution in [-0.2, 0) is 17.1 Å². The Bertz CT molecular complexity index is 747. The molecule has 8 heteroatoms. The summed E-state index contributed by atoms with van der Waals surface area (Å²) in [6.45, 7) is 5.12. The van der Waals surface area contributed by atoms with Crippen molar-refractivity contribution in [3.05, 3.63) is 28.9 Å². The quantitative estimate of drug-likeness (QED) is 0.742. The van der Waals surface area contributed by atoms with E-state index in [1.165, 1.54) is 11.8 Å². The van der Waals surface area contributed by atoms with Gasteiger partial charge in [0.2, 0.25) is 11.8 Å². The van der Waals surface area contributed by atoms with Crippen molar-refractivity contribution < 1.29 is 13.9 Å². The smallest absolute Gasteiger partial charge is 0.277 e. The average molecular weight is 348 g/mol. The van der Waals surface area contributed by atoms with Crippen molar-refractivity contribution >= 4 is 17.7 Å². The minimum absolute atomic E-state index is 0.147. The molecule has 3 heterocycles. The molecule has 0 aliphatic carbocycles. The standard InChI is InChI=1S/C16H20N4O3S/c1-10-7-17-12(11(2)15(10)22-3)9-24-16-19-18-13(23-16)8-20-6-4-5-14(20)21/h7H,4-6,8-9H2,1-3H3. The van der Waals surface area contributed by atoms with E-state index in [0.717, 1.165) is 35.5 Å². The number of nitrogens with zero attached hydrogens (tertiary/aromatic N) is 4. The molecule has 1 aliphatic rings. The van der Waals surface area contributed by atoms with Crippen LogP contribution in [0, 0.1) is 13.8 Å². The normalized spacial score (nSPS) is 14.5. The summed E-state index contributed by atoms with van der Waals surface area (Å²) in [6, 6.07) is 0. The second-order valence-electron chi connectivity index (χ2n) is 5.72. The maximum atomic E-state index is 11.6. The minimum atomic E-state index is 0.147. The van der Waals surface area contributed by atoms with Crippen LogP contribution in [0.4, 0.5) is 0 Å². The molecule has 0 spiro atoms. The van der Waals surface area contributed by atoms with Crippen molar-refractivity contribution in [3.63, 3.8) is 0 Å². The molecule has 0 saturated carbocycles. The molecule has 3 rings (SSSR count). The Morgan fingerprint density at radius 1 is 1.38 bits per heavy atom. The minimum Gasteiger partial charge on any atom is -0.496 e. The molecule has 0 atom stereocenters. The monoisotopic (exact) mass is 348 g/mol. The maximum absolute atomic E-state index is 11.6. The number of carbonyl (C=O) groups is 1. The third-order valence-electron chi connectivity index (χ3n) is 4.03. The molecule has 1 amide bonds. The van der Waals surface area contributed by atoms with Gasteiger partial charge in [0.15, 0.2) is 0 Å². The third-order valence-corrected chi connectivity index (χ3v) is 4.86. The first-order chi connectivity index (χ1) is 11.6. The number of aryl methyl sites for hydroxylation is 1. The van der Waals surface area contributed by atoms with Crippen LogP contribution in [0.25, 0.3) is 0 Å². The number of thioether (sulfide) groups is 1. The molecule has 0 bridgehead atoms. The predicted octanol–water partition coefficient (Wildman–Crippen LogP) is 2.50. The van der Waals surface area contributed by atoms with E-state index in [0.29, 0.717) is 29.8 Å². The number of hydrogen-bond acceptors (Lipinski definition) is 7. The number of methoxy groups -OCH3 is 1. The molecular weight excluding hydrogens is 328 g/mol. The van der Waals surface area contributed by atoms with E-state index >= 15 is 0 Å². The van der Waals surface area contributed by atoms with Crippen LogP contribution in [0.3, 0.4) is 0 Å². The van der Waals surface area contributed by atoms with E-state index in [2.05, 4.69) is 15.2 Å². The van der Waals surface area contributed by atoms with Crippen molar-refractivity contribution in [1.29, 1.82) is 0 Å². The number of aromatic nitrogens is 3. The highest BCUT2D eigenvalue weighted by atomic mass is 32.2. The summed E-state index contributed by atoms with van der Waals surface area (Å²) in [6.07, 6.45) is 3.31. The predicted molar refractivity (Wildman–Crippen MR) is 88.8 cm³/mol. The Balaban J connectivity index is 1.62. The van der Waals surface area contributed by atoms with Gasteiger partial charge in [-0.1, -0.05) is 11.8 Å². The highest BCUT2D eigenvalue weighted by molar-refractivity contribution is 7.98. The molecule has 128 valence electrons. The van der Waals surface area contributed by atoms with E-state index in [-0.39, 0.29) is 5.91 Å². The van der Waals surface area contributed by atoms with Crippen LogP contribution < -0.4 is 4.74 Å². The first-order valence-electron chi connectivity index (χ1n) is 7.80. The lowest BCUT2D eigenvalue weighted by Gasteiger charge is -2.11. The van der Waals surface area contributed by atoms with Gasteiger partial charge >= 0.3 is 0 Å². The van der Waals surface area contributed by atoms with Crippen molar-refractivity contribution in [1.82, 2.24) is 20.1 Å². The molecule has 0 radical (unpaired) electrons. The van der Waals surface area contributed by atoms with E-state index in [1.54, 1.807) is 18.2 Å². The Morgan fingerprint density at radius 2 is 2.21 bits per heavy atom. The van der Waals surface area contributed by atoms with E-state index in [4.69, 9.17) is 9.15 Å². The van der Waals surface area contributed by atoms with Crippen LogP contribution in [-0.4, -0.2) is 39.6 Å². The summed E-state index contributed by atoms with van der Waals surface area (Å²) in [5.74, 6) is 2.10. The summed E-state index contributed by atoms with van der Waals surface area (Å²) >= 11 is 1.43. The molecule has 1 saturated heterocycles. The Morgan fingerprint density at radius 3 is 2.92 bits per heavy atom.